The smallest absolute Gasteiger partial charge is 0.253 e. The normalized spacial score (nSPS) is 18.8. The average Bonchev–Trinajstić information content (AvgIpc) is 2.85. The van der Waals surface area contributed by atoms with Gasteiger partial charge in [0.25, 0.3) is 5.91 Å². The molecule has 0 spiro atoms. The highest BCUT2D eigenvalue weighted by Crippen LogP contribution is 2.23. The van der Waals surface area contributed by atoms with Crippen LogP contribution < -0.4 is 5.32 Å². The maximum atomic E-state index is 13.1. The minimum absolute atomic E-state index is 0.0491. The van der Waals surface area contributed by atoms with Gasteiger partial charge in [-0.15, -0.1) is 0 Å². The van der Waals surface area contributed by atoms with E-state index in [1.807, 2.05) is 18.2 Å². The summed E-state index contributed by atoms with van der Waals surface area (Å²) in [5.74, 6) is -0.524. The zero-order valence-electron chi connectivity index (χ0n) is 18.2. The summed E-state index contributed by atoms with van der Waals surface area (Å²) >= 11 is 0. The number of amides is 2. The molecule has 1 atom stereocenters. The van der Waals surface area contributed by atoms with Crippen LogP contribution in [0.3, 0.4) is 0 Å². The van der Waals surface area contributed by atoms with Crippen LogP contribution in [-0.2, 0) is 9.53 Å². The number of ether oxygens (including phenoxy) is 1. The van der Waals surface area contributed by atoms with Crippen molar-refractivity contribution in [3.63, 3.8) is 0 Å². The van der Waals surface area contributed by atoms with E-state index >= 15 is 0 Å². The van der Waals surface area contributed by atoms with Crippen molar-refractivity contribution in [2.45, 2.75) is 18.9 Å². The molecule has 4 rings (SSSR count). The topological polar surface area (TPSA) is 61.9 Å². The van der Waals surface area contributed by atoms with Gasteiger partial charge in [0.1, 0.15) is 5.82 Å². The summed E-state index contributed by atoms with van der Waals surface area (Å²) in [7, 11) is 0. The summed E-state index contributed by atoms with van der Waals surface area (Å²) in [6.07, 6.45) is 1.26. The van der Waals surface area contributed by atoms with E-state index in [9.17, 15) is 14.0 Å². The van der Waals surface area contributed by atoms with Crippen LogP contribution >= 0.6 is 0 Å². The number of benzene rings is 2. The fourth-order valence-electron chi connectivity index (χ4n) is 4.48. The van der Waals surface area contributed by atoms with Gasteiger partial charge in [0, 0.05) is 44.2 Å². The van der Waals surface area contributed by atoms with Crippen LogP contribution in [0.2, 0.25) is 0 Å². The molecule has 0 radical (unpaired) electrons. The highest BCUT2D eigenvalue weighted by atomic mass is 19.1. The molecule has 0 saturated carbocycles. The number of morpholine rings is 1. The van der Waals surface area contributed by atoms with Gasteiger partial charge in [0.05, 0.1) is 19.3 Å². The Morgan fingerprint density at radius 3 is 2.28 bits per heavy atom. The standard InChI is InChI=1S/C25H30FN3O3/c26-22-8-6-21(7-9-22)25(31)29-12-10-20(11-13-29)24(30)27-18-23(19-4-2-1-3-5-19)28-14-16-32-17-15-28/h1-9,20,23H,10-18H2,(H,27,30). The van der Waals surface area contributed by atoms with Gasteiger partial charge >= 0.3 is 0 Å². The molecule has 2 aromatic carbocycles. The average molecular weight is 440 g/mol. The SMILES string of the molecule is O=C(NCC(c1ccccc1)N1CCOCC1)C1CCN(C(=O)c2ccc(F)cc2)CC1. The molecular formula is C25H30FN3O3. The Labute approximate surface area is 188 Å². The molecule has 0 aliphatic carbocycles. The lowest BCUT2D eigenvalue weighted by atomic mass is 9.95. The van der Waals surface area contributed by atoms with Gasteiger partial charge in [0.2, 0.25) is 5.91 Å². The lowest BCUT2D eigenvalue weighted by molar-refractivity contribution is -0.126. The first-order valence-electron chi connectivity index (χ1n) is 11.3. The van der Waals surface area contributed by atoms with Crippen molar-refractivity contribution in [3.8, 4) is 0 Å². The van der Waals surface area contributed by atoms with Crippen LogP contribution in [0.5, 0.6) is 0 Å². The van der Waals surface area contributed by atoms with Crippen molar-refractivity contribution < 1.29 is 18.7 Å². The number of hydrogen-bond acceptors (Lipinski definition) is 4. The van der Waals surface area contributed by atoms with Crippen molar-refractivity contribution in [2.24, 2.45) is 5.92 Å². The van der Waals surface area contributed by atoms with Crippen molar-refractivity contribution >= 4 is 11.8 Å². The Morgan fingerprint density at radius 1 is 0.969 bits per heavy atom. The van der Waals surface area contributed by atoms with Crippen molar-refractivity contribution in [1.29, 1.82) is 0 Å². The van der Waals surface area contributed by atoms with E-state index in [2.05, 4.69) is 22.3 Å². The van der Waals surface area contributed by atoms with Gasteiger partial charge in [-0.2, -0.15) is 0 Å². The van der Waals surface area contributed by atoms with Gasteiger partial charge in [-0.05, 0) is 42.7 Å². The maximum Gasteiger partial charge on any atom is 0.253 e. The monoisotopic (exact) mass is 439 g/mol. The number of nitrogens with zero attached hydrogens (tertiary/aromatic N) is 2. The number of carbonyl (C=O) groups excluding carboxylic acids is 2. The summed E-state index contributed by atoms with van der Waals surface area (Å²) in [6.45, 7) is 4.71. The van der Waals surface area contributed by atoms with E-state index < -0.39 is 0 Å². The molecule has 6 nitrogen and oxygen atoms in total. The molecule has 2 fully saturated rings. The first-order chi connectivity index (χ1) is 15.6. The predicted octanol–water partition coefficient (Wildman–Crippen LogP) is 2.87. The van der Waals surface area contributed by atoms with Gasteiger partial charge in [-0.25, -0.2) is 4.39 Å². The summed E-state index contributed by atoms with van der Waals surface area (Å²) < 4.78 is 18.6. The first kappa shape index (κ1) is 22.4. The van der Waals surface area contributed by atoms with Crippen molar-refractivity contribution in [2.75, 3.05) is 45.9 Å². The van der Waals surface area contributed by atoms with E-state index in [-0.39, 0.29) is 29.6 Å². The number of rotatable bonds is 6. The molecular weight excluding hydrogens is 409 g/mol. The number of piperidine rings is 1. The summed E-state index contributed by atoms with van der Waals surface area (Å²) in [5.41, 5.74) is 1.67. The summed E-state index contributed by atoms with van der Waals surface area (Å²) in [4.78, 5) is 29.6. The van der Waals surface area contributed by atoms with E-state index in [1.54, 1.807) is 4.90 Å². The van der Waals surface area contributed by atoms with Gasteiger partial charge in [-0.1, -0.05) is 30.3 Å². The number of likely N-dealkylation sites (tertiary alicyclic amines) is 1. The molecule has 1 N–H and O–H groups in total. The third kappa shape index (κ3) is 5.53. The van der Waals surface area contributed by atoms with Crippen LogP contribution in [0.1, 0.15) is 34.8 Å². The molecule has 0 aromatic heterocycles. The highest BCUT2D eigenvalue weighted by Gasteiger charge is 2.29. The molecule has 7 heteroatoms. The molecule has 2 aliphatic rings. The van der Waals surface area contributed by atoms with Crippen LogP contribution in [0.4, 0.5) is 4.39 Å². The number of hydrogen-bond donors (Lipinski definition) is 1. The molecule has 1 unspecified atom stereocenters. The lowest BCUT2D eigenvalue weighted by Gasteiger charge is -2.36. The van der Waals surface area contributed by atoms with Crippen molar-refractivity contribution in [1.82, 2.24) is 15.1 Å². The third-order valence-corrected chi connectivity index (χ3v) is 6.38. The number of halogens is 1. The molecule has 2 saturated heterocycles. The Morgan fingerprint density at radius 2 is 1.62 bits per heavy atom. The largest absolute Gasteiger partial charge is 0.379 e. The molecule has 170 valence electrons. The second-order valence-electron chi connectivity index (χ2n) is 8.39. The molecule has 2 amide bonds. The quantitative estimate of drug-likeness (QED) is 0.752. The van der Waals surface area contributed by atoms with E-state index in [0.717, 1.165) is 13.1 Å². The Hall–Kier alpha value is -2.77. The molecule has 2 aromatic rings. The molecule has 32 heavy (non-hydrogen) atoms. The minimum Gasteiger partial charge on any atom is -0.379 e. The van der Waals surface area contributed by atoms with Crippen LogP contribution in [0.25, 0.3) is 0 Å². The number of carbonyl (C=O) groups is 2. The minimum atomic E-state index is -0.359. The fourth-order valence-corrected chi connectivity index (χ4v) is 4.48. The van der Waals surface area contributed by atoms with E-state index in [0.29, 0.717) is 51.3 Å². The van der Waals surface area contributed by atoms with Crippen molar-refractivity contribution in [3.05, 3.63) is 71.5 Å². The lowest BCUT2D eigenvalue weighted by Crippen LogP contribution is -2.46. The predicted molar refractivity (Wildman–Crippen MR) is 120 cm³/mol. The Kier molecular flexibility index (Phi) is 7.50. The maximum absolute atomic E-state index is 13.1. The summed E-state index contributed by atoms with van der Waals surface area (Å²) in [5, 5.41) is 3.16. The summed E-state index contributed by atoms with van der Waals surface area (Å²) in [6, 6.07) is 16.0. The van der Waals surface area contributed by atoms with E-state index in [1.165, 1.54) is 29.8 Å². The molecule has 0 bridgehead atoms. The molecule has 2 heterocycles. The Balaban J connectivity index is 1.30. The third-order valence-electron chi connectivity index (χ3n) is 6.38. The van der Waals surface area contributed by atoms with Crippen LogP contribution in [0.15, 0.2) is 54.6 Å². The Bertz CT molecular complexity index is 892. The van der Waals surface area contributed by atoms with Gasteiger partial charge in [0.15, 0.2) is 0 Å². The fraction of sp³-hybridized carbons (Fsp3) is 0.440. The first-order valence-corrected chi connectivity index (χ1v) is 11.3. The second-order valence-corrected chi connectivity index (χ2v) is 8.39. The van der Waals surface area contributed by atoms with Crippen LogP contribution in [-0.4, -0.2) is 67.6 Å². The highest BCUT2D eigenvalue weighted by molar-refractivity contribution is 5.94. The van der Waals surface area contributed by atoms with E-state index in [4.69, 9.17) is 4.74 Å². The number of nitrogens with one attached hydrogen (secondary N) is 1. The van der Waals surface area contributed by atoms with Gasteiger partial charge in [-0.3, -0.25) is 14.5 Å². The zero-order chi connectivity index (χ0) is 22.3. The van der Waals surface area contributed by atoms with Crippen LogP contribution in [0, 0.1) is 11.7 Å². The van der Waals surface area contributed by atoms with Gasteiger partial charge < -0.3 is 15.0 Å². The zero-order valence-corrected chi connectivity index (χ0v) is 18.2. The second kappa shape index (κ2) is 10.7. The molecule has 2 aliphatic heterocycles.